The number of piperidine rings is 1. The maximum atomic E-state index is 12.6. The van der Waals surface area contributed by atoms with Gasteiger partial charge in [-0.05, 0) is 44.0 Å². The second-order valence-electron chi connectivity index (χ2n) is 7.08. The molecule has 2 fully saturated rings. The number of H-pyrrole nitrogens is 1. The van der Waals surface area contributed by atoms with Crippen LogP contribution in [0.25, 0.3) is 11.0 Å². The van der Waals surface area contributed by atoms with Gasteiger partial charge in [-0.2, -0.15) is 0 Å². The molecular formula is C18H25ClN4O2. The summed E-state index contributed by atoms with van der Waals surface area (Å²) in [6, 6.07) is 7.97. The number of hydrogen-bond donors (Lipinski definition) is 2. The molecule has 136 valence electrons. The van der Waals surface area contributed by atoms with Crippen LogP contribution >= 0.6 is 12.4 Å². The van der Waals surface area contributed by atoms with Gasteiger partial charge >= 0.3 is 5.69 Å². The third-order valence-corrected chi connectivity index (χ3v) is 5.67. The SMILES string of the molecule is CC(C(=O)N1CCC(n2c(=O)[nH]c3ccccc32)CC1)C1CNC1.Cl. The van der Waals surface area contributed by atoms with E-state index in [0.717, 1.165) is 50.1 Å². The fourth-order valence-corrected chi connectivity index (χ4v) is 3.94. The Morgan fingerprint density at radius 3 is 2.52 bits per heavy atom. The number of carbonyl (C=O) groups excluding carboxylic acids is 1. The zero-order chi connectivity index (χ0) is 16.7. The molecule has 3 heterocycles. The molecule has 2 saturated heterocycles. The second-order valence-corrected chi connectivity index (χ2v) is 7.08. The van der Waals surface area contributed by atoms with Crippen LogP contribution in [0.2, 0.25) is 0 Å². The van der Waals surface area contributed by atoms with Gasteiger partial charge in [-0.15, -0.1) is 12.4 Å². The summed E-state index contributed by atoms with van der Waals surface area (Å²) >= 11 is 0. The van der Waals surface area contributed by atoms with E-state index in [4.69, 9.17) is 0 Å². The molecule has 25 heavy (non-hydrogen) atoms. The average Bonchev–Trinajstić information content (AvgIpc) is 2.88. The minimum absolute atomic E-state index is 0. The van der Waals surface area contributed by atoms with E-state index in [1.54, 1.807) is 0 Å². The number of hydrogen-bond acceptors (Lipinski definition) is 3. The van der Waals surface area contributed by atoms with E-state index >= 15 is 0 Å². The molecule has 1 aromatic heterocycles. The molecule has 2 aliphatic rings. The van der Waals surface area contributed by atoms with E-state index in [-0.39, 0.29) is 36.0 Å². The summed E-state index contributed by atoms with van der Waals surface area (Å²) in [5, 5.41) is 3.24. The molecule has 7 heteroatoms. The van der Waals surface area contributed by atoms with Gasteiger partial charge in [-0.25, -0.2) is 4.79 Å². The molecule has 2 aliphatic heterocycles. The van der Waals surface area contributed by atoms with Gasteiger partial charge in [-0.1, -0.05) is 19.1 Å². The maximum Gasteiger partial charge on any atom is 0.326 e. The number of halogens is 1. The van der Waals surface area contributed by atoms with Crippen molar-refractivity contribution in [2.75, 3.05) is 26.2 Å². The molecule has 0 saturated carbocycles. The standard InChI is InChI=1S/C18H24N4O2.ClH/c1-12(13-10-19-11-13)17(23)21-8-6-14(7-9-21)22-16-5-3-2-4-15(16)20-18(22)24;/h2-5,12-14,19H,6-11H2,1H3,(H,20,24);1H. The molecule has 4 rings (SSSR count). The number of imidazole rings is 1. The van der Waals surface area contributed by atoms with Gasteiger partial charge < -0.3 is 15.2 Å². The Labute approximate surface area is 153 Å². The van der Waals surface area contributed by atoms with E-state index < -0.39 is 0 Å². The molecule has 1 atom stereocenters. The minimum Gasteiger partial charge on any atom is -0.342 e. The van der Waals surface area contributed by atoms with Gasteiger partial charge in [0.25, 0.3) is 0 Å². The Morgan fingerprint density at radius 2 is 1.88 bits per heavy atom. The van der Waals surface area contributed by atoms with E-state index in [1.807, 2.05) is 40.7 Å². The van der Waals surface area contributed by atoms with Crippen LogP contribution in [0.1, 0.15) is 25.8 Å². The van der Waals surface area contributed by atoms with Crippen molar-refractivity contribution in [2.24, 2.45) is 11.8 Å². The number of benzene rings is 1. The summed E-state index contributed by atoms with van der Waals surface area (Å²) in [5.74, 6) is 0.844. The number of para-hydroxylation sites is 2. The van der Waals surface area contributed by atoms with Crippen molar-refractivity contribution in [3.8, 4) is 0 Å². The van der Waals surface area contributed by atoms with Gasteiger partial charge in [0, 0.05) is 25.0 Å². The minimum atomic E-state index is -0.0464. The normalized spacial score (nSPS) is 20.1. The predicted molar refractivity (Wildman–Crippen MR) is 100 cm³/mol. The summed E-state index contributed by atoms with van der Waals surface area (Å²) in [6.45, 7) is 5.42. The zero-order valence-corrected chi connectivity index (χ0v) is 15.2. The molecule has 0 aliphatic carbocycles. The lowest BCUT2D eigenvalue weighted by molar-refractivity contribution is -0.138. The Morgan fingerprint density at radius 1 is 1.20 bits per heavy atom. The molecule has 0 spiro atoms. The number of amides is 1. The summed E-state index contributed by atoms with van der Waals surface area (Å²) in [5.41, 5.74) is 1.79. The molecule has 1 amide bonds. The quantitative estimate of drug-likeness (QED) is 0.872. The first-order chi connectivity index (χ1) is 11.6. The van der Waals surface area contributed by atoms with Gasteiger partial charge in [0.2, 0.25) is 5.91 Å². The Kier molecular flexibility index (Phi) is 5.20. The van der Waals surface area contributed by atoms with Crippen LogP contribution in [0.3, 0.4) is 0 Å². The number of nitrogens with one attached hydrogen (secondary N) is 2. The van der Waals surface area contributed by atoms with Crippen LogP contribution in [0.5, 0.6) is 0 Å². The van der Waals surface area contributed by atoms with Gasteiger partial charge in [0.15, 0.2) is 0 Å². The number of aromatic amines is 1. The van der Waals surface area contributed by atoms with E-state index in [0.29, 0.717) is 5.92 Å². The lowest BCUT2D eigenvalue weighted by Gasteiger charge is -2.38. The van der Waals surface area contributed by atoms with Crippen molar-refractivity contribution in [1.82, 2.24) is 19.8 Å². The van der Waals surface area contributed by atoms with Crippen LogP contribution in [0.15, 0.2) is 29.1 Å². The summed E-state index contributed by atoms with van der Waals surface area (Å²) in [6.07, 6.45) is 1.67. The summed E-state index contributed by atoms with van der Waals surface area (Å²) in [7, 11) is 0. The zero-order valence-electron chi connectivity index (χ0n) is 14.4. The lowest BCUT2D eigenvalue weighted by atomic mass is 9.87. The van der Waals surface area contributed by atoms with E-state index in [9.17, 15) is 9.59 Å². The van der Waals surface area contributed by atoms with Gasteiger partial charge in [-0.3, -0.25) is 9.36 Å². The first-order valence-corrected chi connectivity index (χ1v) is 8.84. The van der Waals surface area contributed by atoms with Gasteiger partial charge in [0.1, 0.15) is 0 Å². The highest BCUT2D eigenvalue weighted by molar-refractivity contribution is 5.85. The molecule has 1 unspecified atom stereocenters. The lowest BCUT2D eigenvalue weighted by Crippen LogP contribution is -2.51. The molecule has 2 N–H and O–H groups in total. The third-order valence-electron chi connectivity index (χ3n) is 5.67. The van der Waals surface area contributed by atoms with Crippen molar-refractivity contribution in [2.45, 2.75) is 25.8 Å². The van der Waals surface area contributed by atoms with Crippen LogP contribution < -0.4 is 11.0 Å². The summed E-state index contributed by atoms with van der Waals surface area (Å²) in [4.78, 5) is 29.9. The van der Waals surface area contributed by atoms with E-state index in [2.05, 4.69) is 10.3 Å². The predicted octanol–water partition coefficient (Wildman–Crippen LogP) is 1.77. The molecular weight excluding hydrogens is 340 g/mol. The molecule has 1 aromatic carbocycles. The van der Waals surface area contributed by atoms with Crippen LogP contribution in [0.4, 0.5) is 0 Å². The fourth-order valence-electron chi connectivity index (χ4n) is 3.94. The highest BCUT2D eigenvalue weighted by atomic mass is 35.5. The second kappa shape index (κ2) is 7.22. The Balaban J connectivity index is 0.00000182. The first kappa shape index (κ1) is 18.0. The number of aromatic nitrogens is 2. The van der Waals surface area contributed by atoms with Crippen LogP contribution in [0, 0.1) is 11.8 Å². The number of rotatable bonds is 3. The largest absolute Gasteiger partial charge is 0.342 e. The molecule has 2 aromatic rings. The van der Waals surface area contributed by atoms with Crippen molar-refractivity contribution in [3.63, 3.8) is 0 Å². The Hall–Kier alpha value is -1.79. The fraction of sp³-hybridized carbons (Fsp3) is 0.556. The highest BCUT2D eigenvalue weighted by Gasteiger charge is 2.33. The highest BCUT2D eigenvalue weighted by Crippen LogP contribution is 2.27. The number of carbonyl (C=O) groups is 1. The first-order valence-electron chi connectivity index (χ1n) is 8.84. The van der Waals surface area contributed by atoms with Crippen LogP contribution in [-0.4, -0.2) is 46.5 Å². The summed E-state index contributed by atoms with van der Waals surface area (Å²) < 4.78 is 1.87. The molecule has 0 bridgehead atoms. The average molecular weight is 365 g/mol. The Bertz CT molecular complexity index is 803. The van der Waals surface area contributed by atoms with Gasteiger partial charge in [0.05, 0.1) is 11.0 Å². The topological polar surface area (TPSA) is 70.1 Å². The number of likely N-dealkylation sites (tertiary alicyclic amines) is 1. The number of nitrogens with zero attached hydrogens (tertiary/aromatic N) is 2. The molecule has 0 radical (unpaired) electrons. The molecule has 6 nitrogen and oxygen atoms in total. The third kappa shape index (κ3) is 3.20. The monoisotopic (exact) mass is 364 g/mol. The van der Waals surface area contributed by atoms with Crippen molar-refractivity contribution in [1.29, 1.82) is 0 Å². The van der Waals surface area contributed by atoms with Crippen molar-refractivity contribution >= 4 is 29.3 Å². The van der Waals surface area contributed by atoms with Crippen molar-refractivity contribution in [3.05, 3.63) is 34.7 Å². The smallest absolute Gasteiger partial charge is 0.326 e. The van der Waals surface area contributed by atoms with Crippen molar-refractivity contribution < 1.29 is 4.79 Å². The number of fused-ring (bicyclic) bond motifs is 1. The van der Waals surface area contributed by atoms with Crippen LogP contribution in [-0.2, 0) is 4.79 Å². The maximum absolute atomic E-state index is 12.6. The van der Waals surface area contributed by atoms with E-state index in [1.165, 1.54) is 0 Å².